The van der Waals surface area contributed by atoms with Gasteiger partial charge in [0.1, 0.15) is 5.69 Å². The van der Waals surface area contributed by atoms with Crippen LogP contribution in [0.25, 0.3) is 0 Å². The highest BCUT2D eigenvalue weighted by Crippen LogP contribution is 2.14. The molecule has 0 amide bonds. The first-order valence-electron chi connectivity index (χ1n) is 5.27. The monoisotopic (exact) mass is 267 g/mol. The molecule has 0 aromatic carbocycles. The van der Waals surface area contributed by atoms with Crippen LogP contribution in [0.4, 0.5) is 0 Å². The van der Waals surface area contributed by atoms with E-state index in [1.54, 1.807) is 16.7 Å². The summed E-state index contributed by atoms with van der Waals surface area (Å²) in [5.41, 5.74) is 6.80. The van der Waals surface area contributed by atoms with Gasteiger partial charge in [0.2, 0.25) is 0 Å². The lowest BCUT2D eigenvalue weighted by molar-refractivity contribution is 0.0988. The number of Topliss-reactive ketones (excluding diaryl/α,β-unsaturated/α-hetero) is 1. The molecule has 2 aromatic rings. The van der Waals surface area contributed by atoms with Crippen LogP contribution in [-0.4, -0.2) is 22.3 Å². The van der Waals surface area contributed by atoms with Gasteiger partial charge in [0, 0.05) is 17.2 Å². The lowest BCUT2D eigenvalue weighted by atomic mass is 10.2. The Balaban J connectivity index is 2.03. The van der Waals surface area contributed by atoms with E-state index in [9.17, 15) is 4.79 Å². The second-order valence-corrected chi connectivity index (χ2v) is 5.63. The Morgan fingerprint density at radius 2 is 2.18 bits per heavy atom. The summed E-state index contributed by atoms with van der Waals surface area (Å²) in [6.07, 6.45) is 1.06. The van der Waals surface area contributed by atoms with Crippen LogP contribution in [0, 0.1) is 6.92 Å². The number of hydrogen-bond acceptors (Lipinski definition) is 6. The van der Waals surface area contributed by atoms with Crippen molar-refractivity contribution in [2.24, 2.45) is 5.73 Å². The fourth-order valence-electron chi connectivity index (χ4n) is 1.42. The number of aromatic nitrogens is 2. The molecule has 0 radical (unpaired) electrons. The Hall–Kier alpha value is -1.11. The third kappa shape index (κ3) is 3.18. The predicted molar refractivity (Wildman–Crippen MR) is 69.8 cm³/mol. The predicted octanol–water partition coefficient (Wildman–Crippen LogP) is 1.83. The van der Waals surface area contributed by atoms with E-state index in [0.717, 1.165) is 22.1 Å². The van der Waals surface area contributed by atoms with Gasteiger partial charge in [-0.3, -0.25) is 4.79 Å². The third-order valence-corrected chi connectivity index (χ3v) is 3.93. The number of carbonyl (C=O) groups excluding carboxylic acids is 1. The fraction of sp³-hybridized carbons (Fsp3) is 0.364. The number of nitrogens with two attached hydrogens (primary N) is 1. The zero-order valence-electron chi connectivity index (χ0n) is 9.47. The third-order valence-electron chi connectivity index (χ3n) is 2.20. The molecule has 0 atom stereocenters. The zero-order valence-corrected chi connectivity index (χ0v) is 11.1. The average molecular weight is 267 g/mol. The van der Waals surface area contributed by atoms with Crippen molar-refractivity contribution in [3.63, 3.8) is 0 Å². The molecule has 0 bridgehead atoms. The molecule has 0 aliphatic heterocycles. The molecule has 2 heterocycles. The first kappa shape index (κ1) is 12.3. The number of carbonyl (C=O) groups is 1. The fourth-order valence-corrected chi connectivity index (χ4v) is 2.85. The van der Waals surface area contributed by atoms with Crippen molar-refractivity contribution in [3.05, 3.63) is 32.2 Å². The van der Waals surface area contributed by atoms with Gasteiger partial charge in [0.05, 0.1) is 22.1 Å². The summed E-state index contributed by atoms with van der Waals surface area (Å²) >= 11 is 3.05. The Kier molecular flexibility index (Phi) is 3.98. The standard InChI is InChI=1S/C11H13N3OS2/c1-7-13-8(5-16-7)4-10(15)9-6-17-11(14-9)2-3-12/h5-6H,2-4,12H2,1H3. The maximum atomic E-state index is 11.9. The summed E-state index contributed by atoms with van der Waals surface area (Å²) in [6.45, 7) is 2.49. The molecule has 0 saturated heterocycles. The smallest absolute Gasteiger partial charge is 0.188 e. The van der Waals surface area contributed by atoms with Gasteiger partial charge in [-0.1, -0.05) is 0 Å². The maximum absolute atomic E-state index is 11.9. The van der Waals surface area contributed by atoms with E-state index < -0.39 is 0 Å². The summed E-state index contributed by atoms with van der Waals surface area (Å²) in [4.78, 5) is 20.5. The highest BCUT2D eigenvalue weighted by molar-refractivity contribution is 7.10. The van der Waals surface area contributed by atoms with Crippen LogP contribution < -0.4 is 5.73 Å². The Labute approximate surface area is 108 Å². The molecule has 0 unspecified atom stereocenters. The number of ketones is 1. The van der Waals surface area contributed by atoms with Gasteiger partial charge < -0.3 is 5.73 Å². The summed E-state index contributed by atoms with van der Waals surface area (Å²) in [5.74, 6) is 0.0230. The van der Waals surface area contributed by atoms with Crippen LogP contribution in [0.15, 0.2) is 10.8 Å². The number of rotatable bonds is 5. The van der Waals surface area contributed by atoms with Crippen LogP contribution in [-0.2, 0) is 12.8 Å². The van der Waals surface area contributed by atoms with Crippen LogP contribution in [0.2, 0.25) is 0 Å². The van der Waals surface area contributed by atoms with Crippen molar-refractivity contribution in [1.82, 2.24) is 9.97 Å². The van der Waals surface area contributed by atoms with Crippen molar-refractivity contribution in [2.45, 2.75) is 19.8 Å². The molecule has 2 N–H and O–H groups in total. The number of aryl methyl sites for hydroxylation is 1. The molecular weight excluding hydrogens is 254 g/mol. The highest BCUT2D eigenvalue weighted by atomic mass is 32.1. The SMILES string of the molecule is Cc1nc(CC(=O)c2csc(CCN)n2)cs1. The molecule has 17 heavy (non-hydrogen) atoms. The Morgan fingerprint density at radius 1 is 1.35 bits per heavy atom. The average Bonchev–Trinajstić information content (AvgIpc) is 2.88. The lowest BCUT2D eigenvalue weighted by Crippen LogP contribution is -2.06. The summed E-state index contributed by atoms with van der Waals surface area (Å²) < 4.78 is 0. The minimum absolute atomic E-state index is 0.0230. The van der Waals surface area contributed by atoms with Gasteiger partial charge >= 0.3 is 0 Å². The second-order valence-electron chi connectivity index (χ2n) is 3.62. The molecule has 0 aliphatic rings. The van der Waals surface area contributed by atoms with E-state index in [-0.39, 0.29) is 5.78 Å². The van der Waals surface area contributed by atoms with E-state index in [2.05, 4.69) is 9.97 Å². The maximum Gasteiger partial charge on any atom is 0.188 e. The van der Waals surface area contributed by atoms with E-state index >= 15 is 0 Å². The van der Waals surface area contributed by atoms with Crippen molar-refractivity contribution >= 4 is 28.5 Å². The molecule has 0 aliphatic carbocycles. The Bertz CT molecular complexity index is 518. The summed E-state index contributed by atoms with van der Waals surface area (Å²) in [6, 6.07) is 0. The number of nitrogens with zero attached hydrogens (tertiary/aromatic N) is 2. The first-order chi connectivity index (χ1) is 8.19. The molecule has 0 spiro atoms. The molecule has 0 saturated carbocycles. The van der Waals surface area contributed by atoms with Crippen LogP contribution in [0.3, 0.4) is 0 Å². The normalized spacial score (nSPS) is 10.7. The van der Waals surface area contributed by atoms with Crippen LogP contribution in [0.5, 0.6) is 0 Å². The second kappa shape index (κ2) is 5.48. The summed E-state index contributed by atoms with van der Waals surface area (Å²) in [7, 11) is 0. The topological polar surface area (TPSA) is 68.9 Å². The molecule has 4 nitrogen and oxygen atoms in total. The van der Waals surface area contributed by atoms with Crippen LogP contribution >= 0.6 is 22.7 Å². The van der Waals surface area contributed by atoms with Crippen molar-refractivity contribution in [2.75, 3.05) is 6.54 Å². The van der Waals surface area contributed by atoms with E-state index in [4.69, 9.17) is 5.73 Å². The Morgan fingerprint density at radius 3 is 2.82 bits per heavy atom. The minimum atomic E-state index is 0.0230. The van der Waals surface area contributed by atoms with Gasteiger partial charge in [-0.05, 0) is 13.5 Å². The quantitative estimate of drug-likeness (QED) is 0.839. The molecule has 0 fully saturated rings. The van der Waals surface area contributed by atoms with Gasteiger partial charge in [-0.25, -0.2) is 9.97 Å². The van der Waals surface area contributed by atoms with Crippen molar-refractivity contribution < 1.29 is 4.79 Å². The van der Waals surface area contributed by atoms with Gasteiger partial charge in [-0.2, -0.15) is 0 Å². The molecule has 6 heteroatoms. The first-order valence-corrected chi connectivity index (χ1v) is 7.03. The minimum Gasteiger partial charge on any atom is -0.330 e. The van der Waals surface area contributed by atoms with E-state index in [0.29, 0.717) is 18.7 Å². The molecule has 2 aromatic heterocycles. The molecule has 90 valence electrons. The number of thiazole rings is 2. The van der Waals surface area contributed by atoms with E-state index in [1.807, 2.05) is 12.3 Å². The van der Waals surface area contributed by atoms with Gasteiger partial charge in [0.25, 0.3) is 0 Å². The van der Waals surface area contributed by atoms with E-state index in [1.165, 1.54) is 11.3 Å². The van der Waals surface area contributed by atoms with Gasteiger partial charge in [0.15, 0.2) is 5.78 Å². The summed E-state index contributed by atoms with van der Waals surface area (Å²) in [5, 5.41) is 5.62. The van der Waals surface area contributed by atoms with Crippen LogP contribution in [0.1, 0.15) is 26.2 Å². The zero-order chi connectivity index (χ0) is 12.3. The van der Waals surface area contributed by atoms with Gasteiger partial charge in [-0.15, -0.1) is 22.7 Å². The van der Waals surface area contributed by atoms with Crippen molar-refractivity contribution in [1.29, 1.82) is 0 Å². The highest BCUT2D eigenvalue weighted by Gasteiger charge is 2.12. The molecule has 2 rings (SSSR count). The lowest BCUT2D eigenvalue weighted by Gasteiger charge is -1.93. The molecular formula is C11H13N3OS2. The largest absolute Gasteiger partial charge is 0.330 e. The number of hydrogen-bond donors (Lipinski definition) is 1. The van der Waals surface area contributed by atoms with Crippen molar-refractivity contribution in [3.8, 4) is 0 Å².